The van der Waals surface area contributed by atoms with Crippen molar-refractivity contribution < 1.29 is 50.6 Å². The first kappa shape index (κ1) is 23.2. The summed E-state index contributed by atoms with van der Waals surface area (Å²) in [6.07, 6.45) is -1.75. The minimum atomic E-state index is -3.83. The number of aromatic amines is 2. The zero-order valence-corrected chi connectivity index (χ0v) is 30.4. The molecule has 2 saturated heterocycles. The Morgan fingerprint density at radius 2 is 1.07 bits per heavy atom. The number of hydrogen-bond acceptors (Lipinski definition) is 8. The van der Waals surface area contributed by atoms with Gasteiger partial charge in [-0.15, -0.1) is 0 Å². The lowest BCUT2D eigenvalue weighted by Gasteiger charge is -2.29. The largest absolute Gasteiger partial charge is 0.453 e. The maximum Gasteiger partial charge on any atom is 0.407 e. The summed E-state index contributed by atoms with van der Waals surface area (Å²) in [5.74, 6) is -10.1. The van der Waals surface area contributed by atoms with Gasteiger partial charge >= 0.3 is 12.2 Å². The Morgan fingerprint density at radius 3 is 1.45 bits per heavy atom. The van der Waals surface area contributed by atoms with E-state index in [4.69, 9.17) is 21.9 Å². The molecule has 3 aromatic carbocycles. The van der Waals surface area contributed by atoms with Gasteiger partial charge in [0.25, 0.3) is 0 Å². The third-order valence-electron chi connectivity index (χ3n) is 9.96. The third kappa shape index (κ3) is 7.64. The SMILES string of the molecule is [2H]C([2H])([2H])C([2H])(C([2H])([2H])[2H])[C@@]([2H])(NC(=O)OC)C(=O)N1CCC[C@H]1c1nc2ccc(-c3ccc(-c4ccc5nc([C@@H]6CCCN6C(=O)[C@]([2H])(NC(=O)OC)C([2H])(C([2H])([2H])[2H])C([2H])([2H])[2H])[nH]c5c4)cc3)cc2[nH]1. The normalized spacial score (nSPS) is 24.8. The number of rotatable bonds is 10. The molecule has 4 amide bonds. The fourth-order valence-corrected chi connectivity index (χ4v) is 7.22. The van der Waals surface area contributed by atoms with E-state index in [9.17, 15) is 19.2 Å². The molecule has 0 aliphatic carbocycles. The molecule has 0 spiro atoms. The van der Waals surface area contributed by atoms with Gasteiger partial charge in [-0.05, 0) is 84.0 Å². The second-order valence-electron chi connectivity index (χ2n) is 13.3. The van der Waals surface area contributed by atoms with Crippen molar-refractivity contribution in [2.45, 2.75) is 77.2 Å². The number of hydrogen-bond donors (Lipinski definition) is 4. The number of amides is 4. The quantitative estimate of drug-likeness (QED) is 0.119. The fraction of sp³-hybridized carbons (Fsp3) is 0.429. The van der Waals surface area contributed by atoms with Crippen LogP contribution in [-0.2, 0) is 19.1 Å². The van der Waals surface area contributed by atoms with Crippen LogP contribution in [0.1, 0.15) is 98.8 Å². The van der Waals surface area contributed by atoms with Gasteiger partial charge in [-0.2, -0.15) is 0 Å². The van der Waals surface area contributed by atoms with Crippen LogP contribution in [-0.4, -0.2) is 93.1 Å². The molecule has 56 heavy (non-hydrogen) atoms. The molecule has 0 bridgehead atoms. The van der Waals surface area contributed by atoms with Gasteiger partial charge in [-0.25, -0.2) is 19.6 Å². The number of nitrogens with zero attached hydrogens (tertiary/aromatic N) is 4. The van der Waals surface area contributed by atoms with E-state index < -0.39 is 87.3 Å². The van der Waals surface area contributed by atoms with Gasteiger partial charge in [-0.3, -0.25) is 9.59 Å². The molecule has 0 unspecified atom stereocenters. The third-order valence-corrected chi connectivity index (χ3v) is 9.96. The number of H-pyrrole nitrogens is 2. The van der Waals surface area contributed by atoms with Crippen molar-refractivity contribution >= 4 is 46.1 Å². The van der Waals surface area contributed by atoms with Gasteiger partial charge < -0.3 is 39.9 Å². The van der Waals surface area contributed by atoms with E-state index in [1.807, 2.05) is 48.5 Å². The number of nitrogens with one attached hydrogen (secondary N) is 4. The predicted octanol–water partition coefficient (Wildman–Crippen LogP) is 6.86. The summed E-state index contributed by atoms with van der Waals surface area (Å²) < 4.78 is 140. The van der Waals surface area contributed by atoms with E-state index in [1.165, 1.54) is 0 Å². The number of benzene rings is 3. The zero-order valence-electron chi connectivity index (χ0n) is 46.4. The number of imidazole rings is 2. The number of likely N-dealkylation sites (tertiary alicyclic amines) is 2. The standard InChI is InChI=1S/C42H50N8O6/c1-23(2)35(47-41(53)55-5)39(51)49-19-7-9-33(49)37-43-29-17-15-27(21-31(29)45-37)25-11-13-26(14-12-25)28-16-18-30-32(22-28)46-38(44-30)34-10-8-20-50(34)40(52)36(24(3)4)48-42(54)56-6/h11-18,21-24,33-36H,7-10,19-20H2,1-6H3,(H,43,45)(H,44,46)(H,47,53)(H,48,54)/t33-,34-,35+,36+/m0/s1/i1D3,2D3,3D3,4D3,23D,24D,35D,36D. The molecule has 4 heterocycles. The van der Waals surface area contributed by atoms with Gasteiger partial charge in [-0.1, -0.05) is 63.8 Å². The minimum absolute atomic E-state index is 0.0701. The van der Waals surface area contributed by atoms with Crippen molar-refractivity contribution in [3.8, 4) is 22.3 Å². The summed E-state index contributed by atoms with van der Waals surface area (Å²) in [6.45, 7) is -15.2. The molecular formula is C42H50N8O6. The first-order valence-electron chi connectivity index (χ1n) is 25.7. The highest BCUT2D eigenvalue weighted by Gasteiger charge is 2.39. The van der Waals surface area contributed by atoms with Gasteiger partial charge in [0.2, 0.25) is 11.8 Å². The second kappa shape index (κ2) is 16.0. The molecule has 14 heteroatoms. The molecular weight excluding hydrogens is 713 g/mol. The van der Waals surface area contributed by atoms with Gasteiger partial charge in [0.05, 0.1) is 51.1 Å². The van der Waals surface area contributed by atoms with Crippen LogP contribution in [0.3, 0.4) is 0 Å². The monoisotopic (exact) mass is 778 g/mol. The molecule has 14 nitrogen and oxygen atoms in total. The van der Waals surface area contributed by atoms with Crippen LogP contribution < -0.4 is 10.6 Å². The molecule has 294 valence electrons. The second-order valence-corrected chi connectivity index (χ2v) is 13.3. The summed E-state index contributed by atoms with van der Waals surface area (Å²) in [7, 11) is 1.75. The maximum absolute atomic E-state index is 14.3. The Labute approximate surface area is 348 Å². The Kier molecular flexibility index (Phi) is 6.65. The lowest BCUT2D eigenvalue weighted by atomic mass is 10.00. The van der Waals surface area contributed by atoms with Crippen molar-refractivity contribution in [1.29, 1.82) is 0 Å². The van der Waals surface area contributed by atoms with E-state index in [1.54, 1.807) is 22.8 Å². The molecule has 7 rings (SSSR count). The van der Waals surface area contributed by atoms with Crippen LogP contribution in [0, 0.1) is 11.8 Å². The molecule has 2 fully saturated rings. The van der Waals surface area contributed by atoms with Crippen molar-refractivity contribution in [3.05, 3.63) is 72.3 Å². The fourth-order valence-electron chi connectivity index (χ4n) is 7.22. The molecule has 2 aromatic heterocycles. The minimum Gasteiger partial charge on any atom is -0.453 e. The van der Waals surface area contributed by atoms with Crippen molar-refractivity contribution in [2.24, 2.45) is 11.8 Å². The van der Waals surface area contributed by atoms with Crippen LogP contribution in [0.5, 0.6) is 0 Å². The van der Waals surface area contributed by atoms with Crippen LogP contribution in [0.2, 0.25) is 0 Å². The smallest absolute Gasteiger partial charge is 0.407 e. The van der Waals surface area contributed by atoms with Gasteiger partial charge in [0, 0.05) is 32.3 Å². The number of alkyl carbamates (subject to hydrolysis) is 2. The Hall–Kier alpha value is -5.92. The average molecular weight is 779 g/mol. The highest BCUT2D eigenvalue weighted by atomic mass is 16.5. The number of methoxy groups -OCH3 is 2. The zero-order chi connectivity index (χ0) is 53.4. The molecule has 2 aliphatic rings. The summed E-state index contributed by atoms with van der Waals surface area (Å²) in [4.78, 5) is 71.2. The van der Waals surface area contributed by atoms with Crippen molar-refractivity contribution in [1.82, 2.24) is 40.4 Å². The van der Waals surface area contributed by atoms with Gasteiger partial charge in [0.15, 0.2) is 0 Å². The summed E-state index contributed by atoms with van der Waals surface area (Å²) in [5, 5.41) is 3.53. The summed E-state index contributed by atoms with van der Waals surface area (Å²) in [6, 6.07) is 9.28. The van der Waals surface area contributed by atoms with Crippen LogP contribution >= 0.6 is 0 Å². The van der Waals surface area contributed by atoms with Crippen LogP contribution in [0.25, 0.3) is 44.3 Å². The summed E-state index contributed by atoms with van der Waals surface area (Å²) in [5.41, 5.74) is 5.15. The van der Waals surface area contributed by atoms with Gasteiger partial charge in [0.1, 0.15) is 23.7 Å². The summed E-state index contributed by atoms with van der Waals surface area (Å²) >= 11 is 0. The number of fused-ring (bicyclic) bond motifs is 2. The first-order valence-corrected chi connectivity index (χ1v) is 17.7. The van der Waals surface area contributed by atoms with E-state index in [0.717, 1.165) is 46.3 Å². The Balaban J connectivity index is 1.13. The van der Waals surface area contributed by atoms with Crippen LogP contribution in [0.15, 0.2) is 60.7 Å². The highest BCUT2D eigenvalue weighted by molar-refractivity contribution is 5.88. The number of ether oxygens (including phenoxy) is 2. The van der Waals surface area contributed by atoms with Crippen LogP contribution in [0.4, 0.5) is 9.59 Å². The molecule has 4 N–H and O–H groups in total. The lowest BCUT2D eigenvalue weighted by molar-refractivity contribution is -0.136. The Morgan fingerprint density at radius 1 is 0.679 bits per heavy atom. The first-order chi connectivity index (χ1) is 33.3. The Bertz CT molecular complexity index is 2680. The maximum atomic E-state index is 14.3. The highest BCUT2D eigenvalue weighted by Crippen LogP contribution is 2.36. The number of carbonyl (C=O) groups is 4. The number of carbonyl (C=O) groups excluding carboxylic acids is 4. The molecule has 5 aromatic rings. The predicted molar refractivity (Wildman–Crippen MR) is 212 cm³/mol. The average Bonchev–Trinajstić information content (AvgIpc) is 4.14. The molecule has 0 radical (unpaired) electrons. The molecule has 0 saturated carbocycles. The van der Waals surface area contributed by atoms with Crippen molar-refractivity contribution in [3.63, 3.8) is 0 Å². The molecule has 2 aliphatic heterocycles. The topological polar surface area (TPSA) is 175 Å². The van der Waals surface area contributed by atoms with Crippen molar-refractivity contribution in [2.75, 3.05) is 27.3 Å². The van der Waals surface area contributed by atoms with E-state index >= 15 is 0 Å². The van der Waals surface area contributed by atoms with E-state index in [-0.39, 0.29) is 37.6 Å². The van der Waals surface area contributed by atoms with E-state index in [2.05, 4.69) is 29.4 Å². The van der Waals surface area contributed by atoms with E-state index in [0.29, 0.717) is 34.9 Å². The molecule has 4 atom stereocenters. The lowest BCUT2D eigenvalue weighted by Crippen LogP contribution is -2.51. The number of aromatic nitrogens is 4.